The molecule has 1 aromatic carbocycles. The van der Waals surface area contributed by atoms with Crippen molar-refractivity contribution in [1.82, 2.24) is 25.3 Å². The van der Waals surface area contributed by atoms with E-state index >= 15 is 0 Å². The molecular formula is C21H25ClN6O2. The molecule has 8 nitrogen and oxygen atoms in total. The molecule has 0 bridgehead atoms. The molecule has 1 saturated carbocycles. The van der Waals surface area contributed by atoms with Crippen molar-refractivity contribution in [1.29, 1.82) is 0 Å². The van der Waals surface area contributed by atoms with Gasteiger partial charge in [0.05, 0.1) is 17.9 Å². The number of nitrogens with zero attached hydrogens (tertiary/aromatic N) is 4. The summed E-state index contributed by atoms with van der Waals surface area (Å²) in [6.07, 6.45) is 6.08. The number of amides is 1. The van der Waals surface area contributed by atoms with E-state index in [2.05, 4.69) is 25.9 Å². The first-order valence-electron chi connectivity index (χ1n) is 10.2. The van der Waals surface area contributed by atoms with Gasteiger partial charge in [-0.2, -0.15) is 0 Å². The van der Waals surface area contributed by atoms with E-state index in [9.17, 15) is 4.79 Å². The second-order valence-electron chi connectivity index (χ2n) is 7.82. The predicted molar refractivity (Wildman–Crippen MR) is 115 cm³/mol. The van der Waals surface area contributed by atoms with Crippen molar-refractivity contribution in [3.63, 3.8) is 0 Å². The zero-order valence-corrected chi connectivity index (χ0v) is 17.6. The number of nitrogens with one attached hydrogen (secondary N) is 2. The smallest absolute Gasteiger partial charge is 0.278 e. The zero-order valence-electron chi connectivity index (χ0n) is 16.8. The molecule has 30 heavy (non-hydrogen) atoms. The topological polar surface area (TPSA) is 97.9 Å². The fourth-order valence-electron chi connectivity index (χ4n) is 3.80. The molecule has 0 atom stereocenters. The minimum absolute atomic E-state index is 0. The van der Waals surface area contributed by atoms with Crippen LogP contribution >= 0.6 is 12.4 Å². The Morgan fingerprint density at radius 3 is 2.60 bits per heavy atom. The molecule has 5 rings (SSSR count). The average Bonchev–Trinajstić information content (AvgIpc) is 3.35. The molecule has 1 aliphatic heterocycles. The van der Waals surface area contributed by atoms with Gasteiger partial charge in [-0.25, -0.2) is 9.67 Å². The molecule has 3 aromatic rings. The van der Waals surface area contributed by atoms with Gasteiger partial charge in [0, 0.05) is 17.2 Å². The highest BCUT2D eigenvalue weighted by molar-refractivity contribution is 6.03. The third-order valence-corrected chi connectivity index (χ3v) is 5.67. The van der Waals surface area contributed by atoms with E-state index < -0.39 is 0 Å². The van der Waals surface area contributed by atoms with Gasteiger partial charge in [0.15, 0.2) is 17.3 Å². The maximum atomic E-state index is 12.7. The van der Waals surface area contributed by atoms with Gasteiger partial charge < -0.3 is 15.1 Å². The predicted octanol–water partition coefficient (Wildman–Crippen LogP) is 3.72. The summed E-state index contributed by atoms with van der Waals surface area (Å²) in [5.41, 5.74) is 2.82. The van der Waals surface area contributed by atoms with Crippen LogP contribution in [-0.4, -0.2) is 39.0 Å². The van der Waals surface area contributed by atoms with Crippen molar-refractivity contribution in [3.8, 4) is 11.3 Å². The Bertz CT molecular complexity index is 1020. The van der Waals surface area contributed by atoms with Crippen LogP contribution in [0.1, 0.15) is 59.7 Å². The van der Waals surface area contributed by atoms with Crippen LogP contribution in [-0.2, 0) is 0 Å². The number of oxazole rings is 1. The van der Waals surface area contributed by atoms with Crippen molar-refractivity contribution in [3.05, 3.63) is 47.7 Å². The summed E-state index contributed by atoms with van der Waals surface area (Å²) in [7, 11) is 0. The van der Waals surface area contributed by atoms with Crippen LogP contribution < -0.4 is 10.6 Å². The SMILES string of the molecule is Cc1c(C(=O)Nc2ccc(-c3cnc(C4CC4)o3)cc2)nnn1C1CCNCC1.Cl. The van der Waals surface area contributed by atoms with E-state index in [0.717, 1.165) is 61.7 Å². The van der Waals surface area contributed by atoms with Crippen molar-refractivity contribution < 1.29 is 9.21 Å². The molecule has 3 heterocycles. The summed E-state index contributed by atoms with van der Waals surface area (Å²) in [4.78, 5) is 17.1. The van der Waals surface area contributed by atoms with Gasteiger partial charge in [0.2, 0.25) is 0 Å². The average molecular weight is 429 g/mol. The molecule has 0 radical (unpaired) electrons. The van der Waals surface area contributed by atoms with Gasteiger partial charge >= 0.3 is 0 Å². The summed E-state index contributed by atoms with van der Waals surface area (Å²) in [6, 6.07) is 7.86. The van der Waals surface area contributed by atoms with Crippen LogP contribution in [0.3, 0.4) is 0 Å². The van der Waals surface area contributed by atoms with Crippen LogP contribution in [0.15, 0.2) is 34.9 Å². The summed E-state index contributed by atoms with van der Waals surface area (Å²) in [5.74, 6) is 1.82. The Morgan fingerprint density at radius 2 is 1.90 bits per heavy atom. The summed E-state index contributed by atoms with van der Waals surface area (Å²) >= 11 is 0. The Labute approximate surface area is 180 Å². The molecule has 2 aliphatic rings. The molecule has 2 N–H and O–H groups in total. The lowest BCUT2D eigenvalue weighted by atomic mass is 10.1. The highest BCUT2D eigenvalue weighted by atomic mass is 35.5. The largest absolute Gasteiger partial charge is 0.440 e. The summed E-state index contributed by atoms with van der Waals surface area (Å²) < 4.78 is 7.73. The van der Waals surface area contributed by atoms with Gasteiger partial charge in [0.1, 0.15) is 0 Å². The second kappa shape index (κ2) is 8.57. The molecule has 9 heteroatoms. The third-order valence-electron chi connectivity index (χ3n) is 5.67. The molecule has 1 saturated heterocycles. The van der Waals surface area contributed by atoms with E-state index in [1.54, 1.807) is 6.20 Å². The van der Waals surface area contributed by atoms with Crippen molar-refractivity contribution in [2.24, 2.45) is 0 Å². The van der Waals surface area contributed by atoms with Crippen LogP contribution in [0.2, 0.25) is 0 Å². The number of anilines is 1. The van der Waals surface area contributed by atoms with Gasteiger partial charge in [-0.05, 0) is 70.0 Å². The quantitative estimate of drug-likeness (QED) is 0.642. The van der Waals surface area contributed by atoms with Crippen LogP contribution in [0.5, 0.6) is 0 Å². The van der Waals surface area contributed by atoms with Crippen molar-refractivity contribution in [2.45, 2.75) is 44.6 Å². The molecule has 1 aliphatic carbocycles. The van der Waals surface area contributed by atoms with Crippen LogP contribution in [0.4, 0.5) is 5.69 Å². The maximum absolute atomic E-state index is 12.7. The van der Waals surface area contributed by atoms with Crippen molar-refractivity contribution >= 4 is 24.0 Å². The van der Waals surface area contributed by atoms with Crippen molar-refractivity contribution in [2.75, 3.05) is 18.4 Å². The number of aromatic nitrogens is 4. The minimum atomic E-state index is -0.244. The summed E-state index contributed by atoms with van der Waals surface area (Å²) in [6.45, 7) is 3.83. The number of benzene rings is 1. The Morgan fingerprint density at radius 1 is 1.17 bits per heavy atom. The van der Waals surface area contributed by atoms with Gasteiger partial charge in [0.25, 0.3) is 5.91 Å². The number of hydrogen-bond acceptors (Lipinski definition) is 6. The van der Waals surface area contributed by atoms with E-state index in [-0.39, 0.29) is 18.3 Å². The lowest BCUT2D eigenvalue weighted by molar-refractivity contribution is 0.102. The second-order valence-corrected chi connectivity index (χ2v) is 7.82. The normalized spacial score (nSPS) is 16.8. The maximum Gasteiger partial charge on any atom is 0.278 e. The third kappa shape index (κ3) is 4.11. The molecule has 2 aromatic heterocycles. The number of hydrogen-bond donors (Lipinski definition) is 2. The van der Waals surface area contributed by atoms with Crippen LogP contribution in [0, 0.1) is 6.92 Å². The van der Waals surface area contributed by atoms with Gasteiger partial charge in [-0.1, -0.05) is 5.21 Å². The highest BCUT2D eigenvalue weighted by Crippen LogP contribution is 2.40. The standard InChI is InChI=1S/C21H24N6O2.ClH/c1-13-19(25-26-27(13)17-8-10-22-11-9-17)20(28)24-16-6-4-14(5-7-16)18-12-23-21(29-18)15-2-3-15;/h4-7,12,15,17,22H,2-3,8-11H2,1H3,(H,24,28);1H. The van der Waals surface area contributed by atoms with Gasteiger partial charge in [-0.3, -0.25) is 4.79 Å². The fourth-order valence-corrected chi connectivity index (χ4v) is 3.80. The Hall–Kier alpha value is -2.71. The highest BCUT2D eigenvalue weighted by Gasteiger charge is 2.28. The van der Waals surface area contributed by atoms with E-state index in [1.807, 2.05) is 35.9 Å². The lowest BCUT2D eigenvalue weighted by Crippen LogP contribution is -2.30. The lowest BCUT2D eigenvalue weighted by Gasteiger charge is -2.23. The minimum Gasteiger partial charge on any atom is -0.440 e. The first-order chi connectivity index (χ1) is 14.2. The number of carbonyl (C=O) groups excluding carboxylic acids is 1. The monoisotopic (exact) mass is 428 g/mol. The number of rotatable bonds is 5. The molecule has 0 unspecified atom stereocenters. The first kappa shape index (κ1) is 20.6. The molecule has 0 spiro atoms. The Kier molecular flexibility index (Phi) is 5.87. The Balaban J connectivity index is 0.00000218. The number of piperidine rings is 1. The number of halogens is 1. The molecule has 158 valence electrons. The summed E-state index contributed by atoms with van der Waals surface area (Å²) in [5, 5.41) is 14.6. The zero-order chi connectivity index (χ0) is 19.8. The fraction of sp³-hybridized carbons (Fsp3) is 0.429. The van der Waals surface area contributed by atoms with Gasteiger partial charge in [-0.15, -0.1) is 17.5 Å². The molecular weight excluding hydrogens is 404 g/mol. The molecule has 2 fully saturated rings. The van der Waals surface area contributed by atoms with E-state index in [0.29, 0.717) is 23.3 Å². The van der Waals surface area contributed by atoms with E-state index in [1.165, 1.54) is 0 Å². The van der Waals surface area contributed by atoms with Crippen LogP contribution in [0.25, 0.3) is 11.3 Å². The first-order valence-corrected chi connectivity index (χ1v) is 10.2. The molecule has 1 amide bonds. The van der Waals surface area contributed by atoms with E-state index in [4.69, 9.17) is 4.42 Å². The number of carbonyl (C=O) groups is 1.